The zero-order chi connectivity index (χ0) is 18.7. The van der Waals surface area contributed by atoms with Crippen molar-refractivity contribution in [3.05, 3.63) is 36.2 Å². The van der Waals surface area contributed by atoms with Gasteiger partial charge in [0.15, 0.2) is 0 Å². The summed E-state index contributed by atoms with van der Waals surface area (Å²) in [7, 11) is 1.59. The summed E-state index contributed by atoms with van der Waals surface area (Å²) in [5.74, 6) is 0.949. The van der Waals surface area contributed by atoms with Crippen LogP contribution in [0.4, 0.5) is 0 Å². The van der Waals surface area contributed by atoms with Crippen molar-refractivity contribution in [1.82, 2.24) is 15.3 Å². The van der Waals surface area contributed by atoms with Gasteiger partial charge in [-0.1, -0.05) is 24.3 Å². The molecule has 0 amide bonds. The van der Waals surface area contributed by atoms with E-state index >= 15 is 0 Å². The lowest BCUT2D eigenvalue weighted by atomic mass is 9.78. The molecule has 2 heterocycles. The topological polar surface area (TPSA) is 59.2 Å². The first-order valence-electron chi connectivity index (χ1n) is 9.17. The van der Waals surface area contributed by atoms with Crippen molar-refractivity contribution in [3.8, 4) is 0 Å². The zero-order valence-corrected chi connectivity index (χ0v) is 16.3. The second-order valence-corrected chi connectivity index (χ2v) is 8.16. The Morgan fingerprint density at radius 2 is 1.77 bits per heavy atom. The standard InChI is InChI=1S/C20H26BN3O2/c1-12(22-6)18-23-16-10-7-13-11-14(8-9-15(13)17(16)24-18)21-25-19(2,3)20(4,5)26-21/h7-12,22H,1-6H3,(H,23,24)/t12-/m1/s1. The third kappa shape index (κ3) is 2.64. The van der Waals surface area contributed by atoms with Crippen LogP contribution in [-0.2, 0) is 9.31 Å². The van der Waals surface area contributed by atoms with Gasteiger partial charge in [0.25, 0.3) is 0 Å². The molecule has 0 unspecified atom stereocenters. The molecule has 1 atom stereocenters. The van der Waals surface area contributed by atoms with Crippen molar-refractivity contribution >= 4 is 34.4 Å². The number of hydrogen-bond acceptors (Lipinski definition) is 4. The van der Waals surface area contributed by atoms with Gasteiger partial charge in [-0.15, -0.1) is 0 Å². The lowest BCUT2D eigenvalue weighted by molar-refractivity contribution is 0.00578. The van der Waals surface area contributed by atoms with Crippen molar-refractivity contribution < 1.29 is 9.31 Å². The summed E-state index contributed by atoms with van der Waals surface area (Å²) in [6.45, 7) is 10.4. The van der Waals surface area contributed by atoms with Gasteiger partial charge in [0.1, 0.15) is 5.82 Å². The first kappa shape index (κ1) is 17.5. The van der Waals surface area contributed by atoms with E-state index in [0.717, 1.165) is 33.1 Å². The molecule has 2 aromatic carbocycles. The Hall–Kier alpha value is -1.89. The number of aromatic amines is 1. The van der Waals surface area contributed by atoms with Gasteiger partial charge in [-0.2, -0.15) is 0 Å². The van der Waals surface area contributed by atoms with E-state index < -0.39 is 0 Å². The zero-order valence-electron chi connectivity index (χ0n) is 16.3. The number of H-pyrrole nitrogens is 1. The smallest absolute Gasteiger partial charge is 0.399 e. The SMILES string of the molecule is CN[C@H](C)c1nc2ccc3cc(B4OC(C)(C)C(C)(C)O4)ccc3c2[nH]1. The van der Waals surface area contributed by atoms with Crippen LogP contribution in [0, 0.1) is 0 Å². The van der Waals surface area contributed by atoms with Crippen LogP contribution in [0.3, 0.4) is 0 Å². The molecule has 3 aromatic rings. The second kappa shape index (κ2) is 5.81. The molecule has 0 aliphatic carbocycles. The molecule has 4 rings (SSSR count). The Labute approximate surface area is 154 Å². The Bertz CT molecular complexity index is 964. The van der Waals surface area contributed by atoms with Crippen LogP contribution >= 0.6 is 0 Å². The van der Waals surface area contributed by atoms with E-state index in [9.17, 15) is 0 Å². The molecule has 1 aliphatic heterocycles. The third-order valence-corrected chi connectivity index (χ3v) is 5.88. The summed E-state index contributed by atoms with van der Waals surface area (Å²) in [5, 5.41) is 5.53. The lowest BCUT2D eigenvalue weighted by Crippen LogP contribution is -2.41. The van der Waals surface area contributed by atoms with Gasteiger partial charge in [0.2, 0.25) is 0 Å². The lowest BCUT2D eigenvalue weighted by Gasteiger charge is -2.32. The third-order valence-electron chi connectivity index (χ3n) is 5.88. The van der Waals surface area contributed by atoms with Crippen molar-refractivity contribution in [2.24, 2.45) is 0 Å². The quantitative estimate of drug-likeness (QED) is 0.711. The molecule has 136 valence electrons. The van der Waals surface area contributed by atoms with Crippen molar-refractivity contribution in [2.75, 3.05) is 7.05 Å². The molecule has 2 N–H and O–H groups in total. The Balaban J connectivity index is 1.76. The van der Waals surface area contributed by atoms with Gasteiger partial charge in [0, 0.05) is 5.39 Å². The fourth-order valence-electron chi connectivity index (χ4n) is 3.31. The molecule has 0 spiro atoms. The highest BCUT2D eigenvalue weighted by atomic mass is 16.7. The first-order chi connectivity index (χ1) is 12.2. The maximum atomic E-state index is 6.19. The van der Waals surface area contributed by atoms with Gasteiger partial charge in [-0.05, 0) is 58.6 Å². The number of rotatable bonds is 3. The Kier molecular flexibility index (Phi) is 3.92. The summed E-state index contributed by atoms with van der Waals surface area (Å²) in [6, 6.07) is 10.7. The highest BCUT2D eigenvalue weighted by Crippen LogP contribution is 2.36. The van der Waals surface area contributed by atoms with Crippen LogP contribution < -0.4 is 10.8 Å². The molecule has 5 nitrogen and oxygen atoms in total. The number of aromatic nitrogens is 2. The number of nitrogens with zero attached hydrogens (tertiary/aromatic N) is 1. The minimum atomic E-state index is -0.346. The second-order valence-electron chi connectivity index (χ2n) is 8.16. The van der Waals surface area contributed by atoms with Crippen LogP contribution in [0.1, 0.15) is 46.5 Å². The monoisotopic (exact) mass is 351 g/mol. The molecule has 26 heavy (non-hydrogen) atoms. The van der Waals surface area contributed by atoms with Crippen LogP contribution in [-0.4, -0.2) is 35.3 Å². The number of benzene rings is 2. The number of nitrogens with one attached hydrogen (secondary N) is 2. The maximum Gasteiger partial charge on any atom is 0.494 e. The molecule has 0 radical (unpaired) electrons. The molecule has 1 aromatic heterocycles. The molecular formula is C20H26BN3O2. The fraction of sp³-hybridized carbons (Fsp3) is 0.450. The van der Waals surface area contributed by atoms with Gasteiger partial charge in [-0.3, -0.25) is 0 Å². The molecule has 6 heteroatoms. The van der Waals surface area contributed by atoms with E-state index in [1.54, 1.807) is 0 Å². The number of fused-ring (bicyclic) bond motifs is 3. The van der Waals surface area contributed by atoms with Gasteiger partial charge >= 0.3 is 7.12 Å². The van der Waals surface area contributed by atoms with Crippen LogP contribution in [0.15, 0.2) is 30.3 Å². The van der Waals surface area contributed by atoms with Crippen molar-refractivity contribution in [1.29, 1.82) is 0 Å². The predicted molar refractivity (Wildman–Crippen MR) is 107 cm³/mol. The Morgan fingerprint density at radius 3 is 2.42 bits per heavy atom. The summed E-state index contributed by atoms with van der Waals surface area (Å²) in [4.78, 5) is 8.17. The molecule has 0 bridgehead atoms. The number of hydrogen-bond donors (Lipinski definition) is 2. The van der Waals surface area contributed by atoms with Gasteiger partial charge in [0.05, 0.1) is 28.3 Å². The van der Waals surface area contributed by atoms with E-state index in [1.807, 2.05) is 7.05 Å². The van der Waals surface area contributed by atoms with E-state index in [-0.39, 0.29) is 24.4 Å². The summed E-state index contributed by atoms with van der Waals surface area (Å²) in [6.07, 6.45) is 0. The minimum Gasteiger partial charge on any atom is -0.399 e. The summed E-state index contributed by atoms with van der Waals surface area (Å²) >= 11 is 0. The summed E-state index contributed by atoms with van der Waals surface area (Å²) in [5.41, 5.74) is 2.42. The molecule has 1 fully saturated rings. The van der Waals surface area contributed by atoms with Crippen LogP contribution in [0.25, 0.3) is 21.8 Å². The largest absolute Gasteiger partial charge is 0.494 e. The first-order valence-corrected chi connectivity index (χ1v) is 9.17. The minimum absolute atomic E-state index is 0.182. The molecule has 1 aliphatic rings. The average Bonchev–Trinajstić information content (AvgIpc) is 3.12. The van der Waals surface area contributed by atoms with Crippen LogP contribution in [0.2, 0.25) is 0 Å². The highest BCUT2D eigenvalue weighted by molar-refractivity contribution is 6.62. The number of imidazole rings is 1. The fourth-order valence-corrected chi connectivity index (χ4v) is 3.31. The average molecular weight is 351 g/mol. The molecule has 0 saturated carbocycles. The van der Waals surface area contributed by atoms with Crippen molar-refractivity contribution in [2.45, 2.75) is 51.9 Å². The van der Waals surface area contributed by atoms with E-state index in [0.29, 0.717) is 0 Å². The highest BCUT2D eigenvalue weighted by Gasteiger charge is 2.51. The van der Waals surface area contributed by atoms with Gasteiger partial charge in [-0.25, -0.2) is 4.98 Å². The molecule has 1 saturated heterocycles. The van der Waals surface area contributed by atoms with E-state index in [2.05, 4.69) is 75.3 Å². The van der Waals surface area contributed by atoms with E-state index in [4.69, 9.17) is 14.3 Å². The molecular weight excluding hydrogens is 325 g/mol. The Morgan fingerprint density at radius 1 is 1.08 bits per heavy atom. The van der Waals surface area contributed by atoms with Crippen LogP contribution in [0.5, 0.6) is 0 Å². The predicted octanol–water partition coefficient (Wildman–Crippen LogP) is 3.30. The normalized spacial score (nSPS) is 20.2. The summed E-state index contributed by atoms with van der Waals surface area (Å²) < 4.78 is 12.4. The van der Waals surface area contributed by atoms with Crippen molar-refractivity contribution in [3.63, 3.8) is 0 Å². The van der Waals surface area contributed by atoms with E-state index in [1.165, 1.54) is 0 Å². The maximum absolute atomic E-state index is 6.19. The van der Waals surface area contributed by atoms with Gasteiger partial charge < -0.3 is 19.6 Å².